The minimum absolute atomic E-state index is 0.348. The number of pyridine rings is 1. The number of hydrogen-bond acceptors (Lipinski definition) is 6. The van der Waals surface area contributed by atoms with Crippen LogP contribution in [-0.4, -0.2) is 24.0 Å². The summed E-state index contributed by atoms with van der Waals surface area (Å²) in [7, 11) is 0. The van der Waals surface area contributed by atoms with Crippen molar-refractivity contribution in [3.63, 3.8) is 0 Å². The Hall–Kier alpha value is -3.29. The molecule has 1 fully saturated rings. The minimum Gasteiger partial charge on any atom is -0.368 e. The second kappa shape index (κ2) is 10.8. The van der Waals surface area contributed by atoms with E-state index in [1.807, 2.05) is 37.3 Å². The number of benzene rings is 1. The van der Waals surface area contributed by atoms with Gasteiger partial charge in [-0.05, 0) is 43.2 Å². The summed E-state index contributed by atoms with van der Waals surface area (Å²) in [6.45, 7) is 7.57. The highest BCUT2D eigenvalue weighted by Crippen LogP contribution is 2.39. The molecule has 1 aliphatic heterocycles. The number of amides is 1. The molecule has 0 aliphatic carbocycles. The van der Waals surface area contributed by atoms with Crippen LogP contribution >= 0.6 is 11.8 Å². The van der Waals surface area contributed by atoms with Crippen molar-refractivity contribution in [1.82, 2.24) is 4.98 Å². The SMILES string of the molecule is C=C1CCCN(c2nc(SC(C(N)=O)c3ccccc3)c(C#N)c(CC)c2C#N)CCC1. The Labute approximate surface area is 193 Å². The zero-order valence-electron chi connectivity index (χ0n) is 18.3. The van der Waals surface area contributed by atoms with Gasteiger partial charge in [0, 0.05) is 13.1 Å². The Morgan fingerprint density at radius 2 is 1.81 bits per heavy atom. The van der Waals surface area contributed by atoms with E-state index in [4.69, 9.17) is 10.7 Å². The molecule has 1 aromatic heterocycles. The molecule has 7 heteroatoms. The number of nitrogens with zero attached hydrogens (tertiary/aromatic N) is 4. The van der Waals surface area contributed by atoms with Gasteiger partial charge in [0.05, 0.1) is 11.1 Å². The smallest absolute Gasteiger partial charge is 0.235 e. The fraction of sp³-hybridized carbons (Fsp3) is 0.360. The summed E-state index contributed by atoms with van der Waals surface area (Å²) < 4.78 is 0. The molecule has 1 aliphatic rings. The largest absolute Gasteiger partial charge is 0.368 e. The summed E-state index contributed by atoms with van der Waals surface area (Å²) in [4.78, 5) is 19.2. The van der Waals surface area contributed by atoms with Crippen LogP contribution < -0.4 is 10.6 Å². The van der Waals surface area contributed by atoms with Crippen molar-refractivity contribution in [3.05, 3.63) is 64.7 Å². The van der Waals surface area contributed by atoms with E-state index < -0.39 is 11.2 Å². The average Bonchev–Trinajstić information content (AvgIpc) is 2.79. The van der Waals surface area contributed by atoms with Gasteiger partial charge >= 0.3 is 0 Å². The second-order valence-electron chi connectivity index (χ2n) is 7.80. The van der Waals surface area contributed by atoms with Crippen LogP contribution in [-0.2, 0) is 11.2 Å². The highest BCUT2D eigenvalue weighted by atomic mass is 32.2. The van der Waals surface area contributed by atoms with Gasteiger partial charge in [0.25, 0.3) is 0 Å². The Balaban J connectivity index is 2.10. The summed E-state index contributed by atoms with van der Waals surface area (Å²) in [5.74, 6) is 0.0928. The molecule has 0 saturated carbocycles. The predicted octanol–water partition coefficient (Wildman–Crippen LogP) is 4.64. The second-order valence-corrected chi connectivity index (χ2v) is 8.90. The first-order chi connectivity index (χ1) is 15.5. The molecule has 0 bridgehead atoms. The molecule has 32 heavy (non-hydrogen) atoms. The Kier molecular flexibility index (Phi) is 7.92. The maximum atomic E-state index is 12.3. The van der Waals surface area contributed by atoms with Crippen molar-refractivity contribution in [3.8, 4) is 12.1 Å². The van der Waals surface area contributed by atoms with Crippen LogP contribution in [0.2, 0.25) is 0 Å². The van der Waals surface area contributed by atoms with Crippen LogP contribution in [0.5, 0.6) is 0 Å². The molecule has 2 N–H and O–H groups in total. The molecule has 1 aromatic carbocycles. The number of nitrogens with two attached hydrogens (primary N) is 1. The van der Waals surface area contributed by atoms with Gasteiger partial charge in [-0.1, -0.05) is 61.2 Å². The highest BCUT2D eigenvalue weighted by Gasteiger charge is 2.27. The summed E-state index contributed by atoms with van der Waals surface area (Å²) in [5.41, 5.74) is 9.21. The van der Waals surface area contributed by atoms with E-state index in [-0.39, 0.29) is 0 Å². The van der Waals surface area contributed by atoms with Crippen molar-refractivity contribution in [2.45, 2.75) is 49.3 Å². The number of carbonyl (C=O) groups is 1. The monoisotopic (exact) mass is 445 g/mol. The zero-order valence-corrected chi connectivity index (χ0v) is 19.1. The van der Waals surface area contributed by atoms with Gasteiger partial charge in [0.1, 0.15) is 28.2 Å². The van der Waals surface area contributed by atoms with Gasteiger partial charge in [-0.15, -0.1) is 0 Å². The zero-order chi connectivity index (χ0) is 23.1. The van der Waals surface area contributed by atoms with Gasteiger partial charge in [-0.25, -0.2) is 4.98 Å². The van der Waals surface area contributed by atoms with Crippen LogP contribution in [0, 0.1) is 22.7 Å². The number of primary amides is 1. The number of rotatable bonds is 6. The first kappa shape index (κ1) is 23.4. The molecular formula is C25H27N5OS. The lowest BCUT2D eigenvalue weighted by molar-refractivity contribution is -0.117. The number of hydrogen-bond donors (Lipinski definition) is 1. The van der Waals surface area contributed by atoms with Gasteiger partial charge in [0.15, 0.2) is 0 Å². The lowest BCUT2D eigenvalue weighted by Crippen LogP contribution is -2.30. The Bertz CT molecular complexity index is 1070. The first-order valence-corrected chi connectivity index (χ1v) is 11.7. The Morgan fingerprint density at radius 3 is 2.34 bits per heavy atom. The van der Waals surface area contributed by atoms with Crippen LogP contribution in [0.15, 0.2) is 47.5 Å². The van der Waals surface area contributed by atoms with E-state index in [2.05, 4.69) is 23.6 Å². The lowest BCUT2D eigenvalue weighted by Gasteiger charge is -2.29. The van der Waals surface area contributed by atoms with Gasteiger partial charge in [0.2, 0.25) is 5.91 Å². The quantitative estimate of drug-likeness (QED) is 0.513. The number of carbonyl (C=O) groups excluding carboxylic acids is 1. The van der Waals surface area contributed by atoms with E-state index in [0.29, 0.717) is 34.0 Å². The van der Waals surface area contributed by atoms with Crippen molar-refractivity contribution in [2.24, 2.45) is 5.73 Å². The lowest BCUT2D eigenvalue weighted by atomic mass is 10.00. The van der Waals surface area contributed by atoms with Crippen molar-refractivity contribution < 1.29 is 4.79 Å². The number of nitriles is 2. The molecule has 6 nitrogen and oxygen atoms in total. The summed E-state index contributed by atoms with van der Waals surface area (Å²) >= 11 is 1.18. The Morgan fingerprint density at radius 1 is 1.19 bits per heavy atom. The van der Waals surface area contributed by atoms with E-state index in [0.717, 1.165) is 44.3 Å². The number of thioether (sulfide) groups is 1. The third-order valence-corrected chi connectivity index (χ3v) is 6.89. The molecule has 1 saturated heterocycles. The number of aromatic nitrogens is 1. The van der Waals surface area contributed by atoms with Gasteiger partial charge in [-0.3, -0.25) is 4.79 Å². The molecule has 1 unspecified atom stereocenters. The van der Waals surface area contributed by atoms with Crippen molar-refractivity contribution >= 4 is 23.5 Å². The van der Waals surface area contributed by atoms with Crippen LogP contribution in [0.4, 0.5) is 5.82 Å². The van der Waals surface area contributed by atoms with Crippen molar-refractivity contribution in [1.29, 1.82) is 10.5 Å². The molecule has 0 radical (unpaired) electrons. The molecule has 1 atom stereocenters. The molecule has 3 rings (SSSR count). The number of allylic oxidation sites excluding steroid dienone is 1. The van der Waals surface area contributed by atoms with Gasteiger partial charge in [-0.2, -0.15) is 10.5 Å². The van der Waals surface area contributed by atoms with Crippen molar-refractivity contribution in [2.75, 3.05) is 18.0 Å². The molecule has 164 valence electrons. The molecule has 0 spiro atoms. The fourth-order valence-corrected chi connectivity index (χ4v) is 5.07. The van der Waals surface area contributed by atoms with Gasteiger partial charge < -0.3 is 10.6 Å². The minimum atomic E-state index is -0.683. The van der Waals surface area contributed by atoms with E-state index in [1.54, 1.807) is 0 Å². The number of anilines is 1. The third kappa shape index (κ3) is 5.12. The third-order valence-electron chi connectivity index (χ3n) is 5.63. The highest BCUT2D eigenvalue weighted by molar-refractivity contribution is 8.00. The van der Waals surface area contributed by atoms with E-state index in [1.165, 1.54) is 17.3 Å². The summed E-state index contributed by atoms with van der Waals surface area (Å²) in [6.07, 6.45) is 4.29. The van der Waals surface area contributed by atoms with E-state index >= 15 is 0 Å². The first-order valence-electron chi connectivity index (χ1n) is 10.8. The maximum absolute atomic E-state index is 12.3. The molecule has 2 aromatic rings. The molecule has 1 amide bonds. The van der Waals surface area contributed by atoms with Crippen LogP contribution in [0.3, 0.4) is 0 Å². The van der Waals surface area contributed by atoms with Crippen LogP contribution in [0.1, 0.15) is 60.1 Å². The standard InChI is InChI=1S/C25H27N5OS/c1-3-19-20(15-26)24(30-13-7-9-17(2)10-8-14-30)29-25(21(19)16-27)32-22(23(28)31)18-11-5-4-6-12-18/h4-6,11-12,22H,2-3,7-10,13-14H2,1H3,(H2,28,31). The maximum Gasteiger partial charge on any atom is 0.235 e. The normalized spacial score (nSPS) is 15.2. The predicted molar refractivity (Wildman–Crippen MR) is 127 cm³/mol. The van der Waals surface area contributed by atoms with Crippen LogP contribution in [0.25, 0.3) is 0 Å². The molecule has 2 heterocycles. The molecular weight excluding hydrogens is 418 g/mol. The van der Waals surface area contributed by atoms with E-state index in [9.17, 15) is 15.3 Å². The summed E-state index contributed by atoms with van der Waals surface area (Å²) in [5, 5.41) is 19.7. The summed E-state index contributed by atoms with van der Waals surface area (Å²) in [6, 6.07) is 13.8. The fourth-order valence-electron chi connectivity index (χ4n) is 4.02. The average molecular weight is 446 g/mol. The topological polar surface area (TPSA) is 107 Å².